The van der Waals surface area contributed by atoms with Gasteiger partial charge in [-0.05, 0) is 82.3 Å². The number of esters is 2. The fraction of sp³-hybridized carbons (Fsp3) is 0.419. The minimum absolute atomic E-state index is 0.0117. The third-order valence-corrected chi connectivity index (χ3v) is 9.52. The van der Waals surface area contributed by atoms with Gasteiger partial charge >= 0.3 is 18.0 Å². The number of nitrogens with two attached hydrogens (primary N) is 2. The van der Waals surface area contributed by atoms with Gasteiger partial charge in [0.1, 0.15) is 17.7 Å². The Hall–Kier alpha value is -7.65. The molecule has 0 radical (unpaired) electrons. The monoisotopic (exact) mass is 900 g/mol. The molecule has 2 aromatic heterocycles. The summed E-state index contributed by atoms with van der Waals surface area (Å²) in [5.74, 6) is -4.47. The molecule has 10 N–H and O–H groups in total. The summed E-state index contributed by atoms with van der Waals surface area (Å²) >= 11 is 0. The van der Waals surface area contributed by atoms with Crippen molar-refractivity contribution in [3.63, 3.8) is 0 Å². The molecular formula is C43H56N12O10. The molecule has 0 bridgehead atoms. The number of carbonyl (C=O) groups is 7. The number of nitrogen functional groups attached to an aromatic ring is 2. The predicted molar refractivity (Wildman–Crippen MR) is 239 cm³/mol. The van der Waals surface area contributed by atoms with Crippen LogP contribution in [0.5, 0.6) is 0 Å². The number of hydrazine groups is 1. The highest BCUT2D eigenvalue weighted by Crippen LogP contribution is 2.26. The number of amides is 5. The molecule has 0 aliphatic carbocycles. The van der Waals surface area contributed by atoms with E-state index in [0.717, 1.165) is 0 Å². The number of hydrogen-bond donors (Lipinski definition) is 8. The number of hydrogen-bond acceptors (Lipinski definition) is 17. The Morgan fingerprint density at radius 2 is 1.52 bits per heavy atom. The quantitative estimate of drug-likeness (QED) is 0.0308. The van der Waals surface area contributed by atoms with Crippen molar-refractivity contribution < 1.29 is 47.8 Å². The number of alkyl carbamates (subject to hydrolysis) is 1. The van der Waals surface area contributed by atoms with Crippen LogP contribution in [0.4, 0.5) is 27.9 Å². The van der Waals surface area contributed by atoms with Gasteiger partial charge in [-0.3, -0.25) is 34.8 Å². The average Bonchev–Trinajstić information content (AvgIpc) is 3.25. The van der Waals surface area contributed by atoms with Crippen LogP contribution < -0.4 is 43.6 Å². The molecule has 0 saturated carbocycles. The molecule has 22 heteroatoms. The molecule has 0 aliphatic heterocycles. The summed E-state index contributed by atoms with van der Waals surface area (Å²) in [5.41, 5.74) is 17.6. The van der Waals surface area contributed by atoms with Gasteiger partial charge in [-0.15, -0.1) is 0 Å². The third-order valence-electron chi connectivity index (χ3n) is 9.52. The first-order valence-corrected chi connectivity index (χ1v) is 20.6. The normalized spacial score (nSPS) is 12.5. The maximum Gasteiger partial charge on any atom is 0.408 e. The van der Waals surface area contributed by atoms with Crippen molar-refractivity contribution in [3.05, 3.63) is 71.0 Å². The molecular weight excluding hydrogens is 845 g/mol. The molecule has 0 saturated heterocycles. The average molecular weight is 901 g/mol. The van der Waals surface area contributed by atoms with Gasteiger partial charge in [-0.25, -0.2) is 19.6 Å². The molecule has 4 aromatic rings. The standard InChI is InChI=1S/C43H56N12O10/c1-22(2)32(51-42(62)65-43(4,5)6)38(59)48-23(3)36(57)50-26-16-17-30(29(19-26)40(61)64-8)46-18-10-9-11-28(39(60)63-7)24-12-14-25(15-13-24)37(58)55-54-31(56)20-27-21-47-35-33(49-27)34(44)52-41(45)53-35/h12-17,19,21-23,28,32,46H,9-11,18,20H2,1-8H3,(H,48,59)(H,50,57)(H,51,62)(H,54,56)(H,55,58)(H4,44,45,47,52,53)/t23-,28-,32-/m0/s1. The van der Waals surface area contributed by atoms with E-state index in [1.165, 1.54) is 45.5 Å². The summed E-state index contributed by atoms with van der Waals surface area (Å²) in [4.78, 5) is 106. The number of unbranched alkanes of at least 4 members (excludes halogenated alkanes) is 1. The molecule has 65 heavy (non-hydrogen) atoms. The van der Waals surface area contributed by atoms with Gasteiger partial charge < -0.3 is 46.9 Å². The van der Waals surface area contributed by atoms with E-state index in [4.69, 9.17) is 25.7 Å². The third kappa shape index (κ3) is 14.7. The minimum atomic E-state index is -1.02. The lowest BCUT2D eigenvalue weighted by Crippen LogP contribution is -2.54. The van der Waals surface area contributed by atoms with Gasteiger partial charge in [0.2, 0.25) is 23.7 Å². The van der Waals surface area contributed by atoms with Crippen LogP contribution in [0.1, 0.15) is 98.7 Å². The maximum atomic E-state index is 13.1. The molecule has 2 aromatic carbocycles. The van der Waals surface area contributed by atoms with Gasteiger partial charge in [-0.1, -0.05) is 32.4 Å². The molecule has 348 valence electrons. The number of fused-ring (bicyclic) bond motifs is 1. The molecule has 0 spiro atoms. The largest absolute Gasteiger partial charge is 0.469 e. The lowest BCUT2D eigenvalue weighted by Gasteiger charge is -2.26. The van der Waals surface area contributed by atoms with E-state index in [0.29, 0.717) is 37.1 Å². The number of aromatic nitrogens is 4. The zero-order valence-electron chi connectivity index (χ0n) is 37.5. The number of benzene rings is 2. The Bertz CT molecular complexity index is 2390. The smallest absolute Gasteiger partial charge is 0.408 e. The van der Waals surface area contributed by atoms with Gasteiger partial charge in [0.25, 0.3) is 5.91 Å². The molecule has 0 fully saturated rings. The number of nitrogens with zero attached hydrogens (tertiary/aromatic N) is 4. The number of rotatable bonds is 18. The van der Waals surface area contributed by atoms with Gasteiger partial charge in [0.15, 0.2) is 17.0 Å². The summed E-state index contributed by atoms with van der Waals surface area (Å²) in [6.45, 7) is 10.5. The first kappa shape index (κ1) is 50.0. The van der Waals surface area contributed by atoms with Crippen LogP contribution in [-0.2, 0) is 39.8 Å². The van der Waals surface area contributed by atoms with Crippen LogP contribution in [0.25, 0.3) is 11.2 Å². The molecule has 4 rings (SSSR count). The summed E-state index contributed by atoms with van der Waals surface area (Å²) in [5, 5.41) is 11.1. The predicted octanol–water partition coefficient (Wildman–Crippen LogP) is 2.91. The second-order valence-corrected chi connectivity index (χ2v) is 16.1. The van der Waals surface area contributed by atoms with Crippen LogP contribution in [0.15, 0.2) is 48.7 Å². The summed E-state index contributed by atoms with van der Waals surface area (Å²) in [7, 11) is 2.51. The van der Waals surface area contributed by atoms with Crippen molar-refractivity contribution in [2.45, 2.75) is 90.8 Å². The van der Waals surface area contributed by atoms with Crippen LogP contribution >= 0.6 is 0 Å². The van der Waals surface area contributed by atoms with Crippen LogP contribution in [0, 0.1) is 5.92 Å². The number of ether oxygens (including phenoxy) is 3. The molecule has 2 heterocycles. The van der Waals surface area contributed by atoms with Crippen LogP contribution in [0.3, 0.4) is 0 Å². The Labute approximate surface area is 375 Å². The fourth-order valence-corrected chi connectivity index (χ4v) is 6.25. The van der Waals surface area contributed by atoms with E-state index in [2.05, 4.69) is 52.1 Å². The van der Waals surface area contributed by atoms with Crippen molar-refractivity contribution in [2.24, 2.45) is 5.92 Å². The van der Waals surface area contributed by atoms with E-state index in [1.807, 2.05) is 0 Å². The van der Waals surface area contributed by atoms with Crippen molar-refractivity contribution in [3.8, 4) is 0 Å². The minimum Gasteiger partial charge on any atom is -0.469 e. The molecule has 0 aliphatic rings. The lowest BCUT2D eigenvalue weighted by atomic mass is 9.92. The van der Waals surface area contributed by atoms with E-state index in [-0.39, 0.29) is 57.8 Å². The second kappa shape index (κ2) is 22.6. The Balaban J connectivity index is 1.28. The lowest BCUT2D eigenvalue weighted by molar-refractivity contribution is -0.142. The summed E-state index contributed by atoms with van der Waals surface area (Å²) in [6, 6.07) is 8.94. The topological polar surface area (TPSA) is 323 Å². The highest BCUT2D eigenvalue weighted by molar-refractivity contribution is 6.01. The van der Waals surface area contributed by atoms with Crippen LogP contribution in [0.2, 0.25) is 0 Å². The molecule has 5 amide bonds. The van der Waals surface area contributed by atoms with E-state index in [1.54, 1.807) is 58.9 Å². The van der Waals surface area contributed by atoms with E-state index < -0.39 is 65.3 Å². The fourth-order valence-electron chi connectivity index (χ4n) is 6.25. The van der Waals surface area contributed by atoms with Crippen LogP contribution in [-0.4, -0.2) is 100 Å². The first-order valence-electron chi connectivity index (χ1n) is 20.6. The maximum absolute atomic E-state index is 13.1. The highest BCUT2D eigenvalue weighted by Gasteiger charge is 2.29. The SMILES string of the molecule is COC(=O)c1cc(NC(=O)[C@H](C)NC(=O)[C@@H](NC(=O)OC(C)(C)C)C(C)C)ccc1NCCCC[C@H](C(=O)OC)c1ccc(C(=O)NNC(=O)Cc2cnc3nc(N)nc(N)c3n2)cc1. The first-order chi connectivity index (χ1) is 30.7. The Morgan fingerprint density at radius 3 is 2.17 bits per heavy atom. The van der Waals surface area contributed by atoms with Gasteiger partial charge in [0.05, 0.1) is 44.0 Å². The summed E-state index contributed by atoms with van der Waals surface area (Å²) in [6.07, 6.45) is 1.87. The molecule has 22 nitrogen and oxygen atoms in total. The number of anilines is 4. The number of nitrogens with one attached hydrogen (secondary N) is 6. The van der Waals surface area contributed by atoms with Gasteiger partial charge in [-0.2, -0.15) is 9.97 Å². The second-order valence-electron chi connectivity index (χ2n) is 16.1. The molecule has 3 atom stereocenters. The Kier molecular flexibility index (Phi) is 17.4. The van der Waals surface area contributed by atoms with E-state index >= 15 is 0 Å². The van der Waals surface area contributed by atoms with Gasteiger partial charge in [0, 0.05) is 23.5 Å². The van der Waals surface area contributed by atoms with Crippen molar-refractivity contribution in [2.75, 3.05) is 42.9 Å². The van der Waals surface area contributed by atoms with Crippen molar-refractivity contribution in [1.29, 1.82) is 0 Å². The zero-order chi connectivity index (χ0) is 48.0. The number of carbonyl (C=O) groups excluding carboxylic acids is 7. The number of methoxy groups -OCH3 is 2. The van der Waals surface area contributed by atoms with E-state index in [9.17, 15) is 33.6 Å². The zero-order valence-corrected chi connectivity index (χ0v) is 37.5. The Morgan fingerprint density at radius 1 is 0.815 bits per heavy atom. The highest BCUT2D eigenvalue weighted by atomic mass is 16.6. The summed E-state index contributed by atoms with van der Waals surface area (Å²) < 4.78 is 15.3. The molecule has 0 unspecified atom stereocenters. The van der Waals surface area contributed by atoms with Crippen molar-refractivity contribution >= 4 is 76.0 Å². The van der Waals surface area contributed by atoms with Crippen molar-refractivity contribution in [1.82, 2.24) is 41.4 Å².